The molecular formula is C26H32Cl2N2O. The highest BCUT2D eigenvalue weighted by Crippen LogP contribution is 2.21. The number of hydrogen-bond acceptors (Lipinski definition) is 3. The lowest BCUT2D eigenvalue weighted by molar-refractivity contribution is 0.189. The van der Waals surface area contributed by atoms with Crippen LogP contribution in [0.5, 0.6) is 5.75 Å². The van der Waals surface area contributed by atoms with Crippen LogP contribution in [0.2, 0.25) is 0 Å². The minimum absolute atomic E-state index is 0. The summed E-state index contributed by atoms with van der Waals surface area (Å²) in [6, 6.07) is 30.1. The zero-order chi connectivity index (χ0) is 19.7. The van der Waals surface area contributed by atoms with Gasteiger partial charge >= 0.3 is 0 Å². The quantitative estimate of drug-likeness (QED) is 0.457. The summed E-state index contributed by atoms with van der Waals surface area (Å²) in [7, 11) is 0. The fraction of sp³-hybridized carbons (Fsp3) is 0.308. The van der Waals surface area contributed by atoms with Crippen molar-refractivity contribution in [1.82, 2.24) is 10.2 Å². The molecule has 1 fully saturated rings. The Bertz CT molecular complexity index is 869. The second-order valence-corrected chi connectivity index (χ2v) is 7.80. The average molecular weight is 459 g/mol. The van der Waals surface area contributed by atoms with Crippen LogP contribution in [-0.2, 0) is 19.7 Å². The van der Waals surface area contributed by atoms with Gasteiger partial charge < -0.3 is 10.1 Å². The SMILES string of the molecule is Cl.Cl.c1ccc(COc2ccccc2CNC2CCN(Cc3ccccc3)CC2)cc1. The Morgan fingerprint density at radius 2 is 1.32 bits per heavy atom. The number of nitrogens with zero attached hydrogens (tertiary/aromatic N) is 1. The third kappa shape index (κ3) is 7.86. The maximum Gasteiger partial charge on any atom is 0.124 e. The van der Waals surface area contributed by atoms with E-state index in [2.05, 4.69) is 83.0 Å². The van der Waals surface area contributed by atoms with Crippen molar-refractivity contribution in [3.05, 3.63) is 102 Å². The van der Waals surface area contributed by atoms with Gasteiger partial charge in [0.2, 0.25) is 0 Å². The minimum atomic E-state index is 0. The van der Waals surface area contributed by atoms with Gasteiger partial charge in [-0.25, -0.2) is 0 Å². The van der Waals surface area contributed by atoms with Crippen molar-refractivity contribution in [3.8, 4) is 5.75 Å². The van der Waals surface area contributed by atoms with Crippen molar-refractivity contribution in [2.45, 2.75) is 38.6 Å². The van der Waals surface area contributed by atoms with E-state index in [0.717, 1.165) is 31.9 Å². The molecule has 3 nitrogen and oxygen atoms in total. The molecule has 0 spiro atoms. The standard InChI is InChI=1S/C26H30N2O.2ClH/c1-3-9-22(10-4-1)20-28-17-15-25(16-18-28)27-19-24-13-7-8-14-26(24)29-21-23-11-5-2-6-12-23;;/h1-14,25,27H,15-21H2;2*1H. The monoisotopic (exact) mass is 458 g/mol. The van der Waals surface area contributed by atoms with Crippen LogP contribution >= 0.6 is 24.8 Å². The van der Waals surface area contributed by atoms with E-state index in [0.29, 0.717) is 12.6 Å². The van der Waals surface area contributed by atoms with Crippen LogP contribution in [0.25, 0.3) is 0 Å². The van der Waals surface area contributed by atoms with E-state index in [4.69, 9.17) is 4.74 Å². The number of benzene rings is 3. The van der Waals surface area contributed by atoms with E-state index in [1.54, 1.807) is 0 Å². The van der Waals surface area contributed by atoms with Gasteiger partial charge in [-0.05, 0) is 43.1 Å². The molecule has 1 aliphatic heterocycles. The van der Waals surface area contributed by atoms with Gasteiger partial charge in [0.1, 0.15) is 12.4 Å². The van der Waals surface area contributed by atoms with E-state index >= 15 is 0 Å². The number of ether oxygens (including phenoxy) is 1. The highest BCUT2D eigenvalue weighted by Gasteiger charge is 2.19. The predicted octanol–water partition coefficient (Wildman–Crippen LogP) is 5.86. The molecule has 0 radical (unpaired) electrons. The molecule has 0 amide bonds. The lowest BCUT2D eigenvalue weighted by atomic mass is 10.0. The van der Waals surface area contributed by atoms with Gasteiger partial charge in [0.25, 0.3) is 0 Å². The van der Waals surface area contributed by atoms with Crippen LogP contribution < -0.4 is 10.1 Å². The number of hydrogen-bond donors (Lipinski definition) is 1. The zero-order valence-corrected chi connectivity index (χ0v) is 19.4. The normalized spacial score (nSPS) is 14.3. The van der Waals surface area contributed by atoms with Crippen LogP contribution in [-0.4, -0.2) is 24.0 Å². The summed E-state index contributed by atoms with van der Waals surface area (Å²) in [5, 5.41) is 3.75. The fourth-order valence-corrected chi connectivity index (χ4v) is 3.92. The van der Waals surface area contributed by atoms with Gasteiger partial charge in [0, 0.05) is 24.7 Å². The lowest BCUT2D eigenvalue weighted by Crippen LogP contribution is -2.41. The topological polar surface area (TPSA) is 24.5 Å². The van der Waals surface area contributed by atoms with Crippen molar-refractivity contribution in [3.63, 3.8) is 0 Å². The molecule has 0 unspecified atom stereocenters. The summed E-state index contributed by atoms with van der Waals surface area (Å²) in [5.41, 5.74) is 3.83. The van der Waals surface area contributed by atoms with Crippen LogP contribution in [0.15, 0.2) is 84.9 Å². The highest BCUT2D eigenvalue weighted by molar-refractivity contribution is 5.85. The summed E-state index contributed by atoms with van der Waals surface area (Å²) in [4.78, 5) is 2.56. The number of rotatable bonds is 8. The van der Waals surface area contributed by atoms with Gasteiger partial charge in [0.05, 0.1) is 0 Å². The van der Waals surface area contributed by atoms with E-state index in [-0.39, 0.29) is 24.8 Å². The van der Waals surface area contributed by atoms with E-state index in [1.165, 1.54) is 29.5 Å². The summed E-state index contributed by atoms with van der Waals surface area (Å²) < 4.78 is 6.10. The van der Waals surface area contributed by atoms with Gasteiger partial charge in [-0.15, -0.1) is 24.8 Å². The zero-order valence-electron chi connectivity index (χ0n) is 17.8. The molecule has 4 rings (SSSR count). The molecule has 0 aromatic heterocycles. The lowest BCUT2D eigenvalue weighted by Gasteiger charge is -2.32. The van der Waals surface area contributed by atoms with Crippen LogP contribution in [0.1, 0.15) is 29.5 Å². The largest absolute Gasteiger partial charge is 0.489 e. The molecule has 0 aliphatic carbocycles. The Hall–Kier alpha value is -2.04. The second kappa shape index (κ2) is 13.4. The Morgan fingerprint density at radius 1 is 0.742 bits per heavy atom. The Morgan fingerprint density at radius 3 is 2.00 bits per heavy atom. The Kier molecular flexibility index (Phi) is 10.9. The molecule has 1 aliphatic rings. The Balaban J connectivity index is 0.00000171. The summed E-state index contributed by atoms with van der Waals surface area (Å²) >= 11 is 0. The van der Waals surface area contributed by atoms with Gasteiger partial charge in [0.15, 0.2) is 0 Å². The van der Waals surface area contributed by atoms with Crippen LogP contribution in [0.4, 0.5) is 0 Å². The maximum atomic E-state index is 6.10. The smallest absolute Gasteiger partial charge is 0.124 e. The average Bonchev–Trinajstić information content (AvgIpc) is 2.79. The maximum absolute atomic E-state index is 6.10. The summed E-state index contributed by atoms with van der Waals surface area (Å²) in [6.45, 7) is 4.82. The third-order valence-electron chi connectivity index (χ3n) is 5.63. The summed E-state index contributed by atoms with van der Waals surface area (Å²) in [5.74, 6) is 0.977. The van der Waals surface area contributed by atoms with Gasteiger partial charge in [-0.1, -0.05) is 78.9 Å². The predicted molar refractivity (Wildman–Crippen MR) is 133 cm³/mol. The fourth-order valence-electron chi connectivity index (χ4n) is 3.92. The van der Waals surface area contributed by atoms with Crippen molar-refractivity contribution in [2.75, 3.05) is 13.1 Å². The van der Waals surface area contributed by atoms with Crippen molar-refractivity contribution in [2.24, 2.45) is 0 Å². The molecule has 31 heavy (non-hydrogen) atoms. The molecule has 0 saturated carbocycles. The van der Waals surface area contributed by atoms with Crippen molar-refractivity contribution in [1.29, 1.82) is 0 Å². The van der Waals surface area contributed by atoms with Crippen LogP contribution in [0.3, 0.4) is 0 Å². The van der Waals surface area contributed by atoms with Crippen LogP contribution in [0, 0.1) is 0 Å². The molecule has 1 heterocycles. The third-order valence-corrected chi connectivity index (χ3v) is 5.63. The minimum Gasteiger partial charge on any atom is -0.489 e. The molecule has 3 aromatic rings. The molecular weight excluding hydrogens is 427 g/mol. The van der Waals surface area contributed by atoms with Crippen molar-refractivity contribution < 1.29 is 4.74 Å². The first-order valence-electron chi connectivity index (χ1n) is 10.6. The number of para-hydroxylation sites is 1. The molecule has 1 saturated heterocycles. The van der Waals surface area contributed by atoms with Gasteiger partial charge in [-0.3, -0.25) is 4.90 Å². The summed E-state index contributed by atoms with van der Waals surface area (Å²) in [6.07, 6.45) is 2.39. The highest BCUT2D eigenvalue weighted by atomic mass is 35.5. The molecule has 0 atom stereocenters. The molecule has 5 heteroatoms. The first kappa shape index (κ1) is 25.2. The number of nitrogens with one attached hydrogen (secondary N) is 1. The Labute approximate surface area is 198 Å². The van der Waals surface area contributed by atoms with E-state index < -0.39 is 0 Å². The van der Waals surface area contributed by atoms with Crippen molar-refractivity contribution >= 4 is 24.8 Å². The number of halogens is 2. The van der Waals surface area contributed by atoms with Gasteiger partial charge in [-0.2, -0.15) is 0 Å². The second-order valence-electron chi connectivity index (χ2n) is 7.80. The number of piperidine rings is 1. The first-order chi connectivity index (χ1) is 14.4. The molecule has 3 aromatic carbocycles. The van der Waals surface area contributed by atoms with E-state index in [9.17, 15) is 0 Å². The molecule has 166 valence electrons. The number of likely N-dealkylation sites (tertiary alicyclic amines) is 1. The van der Waals surface area contributed by atoms with E-state index in [1.807, 2.05) is 12.1 Å². The molecule has 1 N–H and O–H groups in total. The first-order valence-corrected chi connectivity index (χ1v) is 10.6. The molecule has 0 bridgehead atoms.